The van der Waals surface area contributed by atoms with Gasteiger partial charge in [0, 0.05) is 4.90 Å². The molecule has 5 heteroatoms. The molecule has 150 valence electrons. The number of benzene rings is 2. The molecular weight excluding hydrogens is 370 g/mol. The molecule has 0 aliphatic carbocycles. The van der Waals surface area contributed by atoms with Gasteiger partial charge in [-0.1, -0.05) is 54.6 Å². The Morgan fingerprint density at radius 2 is 1.61 bits per heavy atom. The molecule has 0 saturated heterocycles. The van der Waals surface area contributed by atoms with Crippen molar-refractivity contribution in [3.63, 3.8) is 0 Å². The van der Waals surface area contributed by atoms with Gasteiger partial charge in [-0.05, 0) is 57.3 Å². The zero-order valence-corrected chi connectivity index (χ0v) is 17.9. The van der Waals surface area contributed by atoms with E-state index in [1.165, 1.54) is 11.9 Å². The minimum absolute atomic E-state index is 0.296. The molecule has 1 amide bonds. The fourth-order valence-corrected chi connectivity index (χ4v) is 3.33. The Labute approximate surface area is 172 Å². The van der Waals surface area contributed by atoms with Crippen molar-refractivity contribution in [3.05, 3.63) is 78.9 Å². The molecule has 1 atom stereocenters. The first-order chi connectivity index (χ1) is 13.2. The Hall–Kier alpha value is -2.24. The van der Waals surface area contributed by atoms with Crippen LogP contribution in [0.15, 0.2) is 78.2 Å². The number of amides is 1. The van der Waals surface area contributed by atoms with Crippen molar-refractivity contribution < 1.29 is 14.3 Å². The van der Waals surface area contributed by atoms with Gasteiger partial charge in [0.1, 0.15) is 5.60 Å². The Morgan fingerprint density at radius 3 is 2.14 bits per heavy atom. The first kappa shape index (κ1) is 22.1. The molecule has 2 aromatic carbocycles. The van der Waals surface area contributed by atoms with Crippen molar-refractivity contribution in [2.75, 3.05) is 6.61 Å². The van der Waals surface area contributed by atoms with E-state index >= 15 is 0 Å². The highest BCUT2D eigenvalue weighted by molar-refractivity contribution is 7.97. The van der Waals surface area contributed by atoms with Gasteiger partial charge in [-0.25, -0.2) is 9.10 Å². The van der Waals surface area contributed by atoms with Gasteiger partial charge in [0.2, 0.25) is 0 Å². The largest absolute Gasteiger partial charge is 0.443 e. The minimum atomic E-state index is -0.752. The molecule has 0 spiro atoms. The summed E-state index contributed by atoms with van der Waals surface area (Å²) in [7, 11) is 0. The molecule has 4 nitrogen and oxygen atoms in total. The Morgan fingerprint density at radius 1 is 1.04 bits per heavy atom. The molecule has 0 N–H and O–H groups in total. The summed E-state index contributed by atoms with van der Waals surface area (Å²) in [6, 6.07) is 19.7. The fraction of sp³-hybridized carbons (Fsp3) is 0.348. The second-order valence-corrected chi connectivity index (χ2v) is 8.74. The first-order valence-corrected chi connectivity index (χ1v) is 10.0. The smallest absolute Gasteiger partial charge is 0.421 e. The zero-order chi connectivity index (χ0) is 20.6. The van der Waals surface area contributed by atoms with E-state index < -0.39 is 17.2 Å². The Balaban J connectivity index is 2.18. The lowest BCUT2D eigenvalue weighted by Crippen LogP contribution is -2.49. The lowest BCUT2D eigenvalue weighted by Gasteiger charge is -2.38. The molecule has 2 rings (SSSR count). The summed E-state index contributed by atoms with van der Waals surface area (Å²) in [5.41, 5.74) is -0.273. The van der Waals surface area contributed by atoms with Gasteiger partial charge in [-0.3, -0.25) is 0 Å². The summed E-state index contributed by atoms with van der Waals surface area (Å²) >= 11 is 1.32. The first-order valence-electron chi connectivity index (χ1n) is 9.25. The third-order valence-electron chi connectivity index (χ3n) is 3.91. The third-order valence-corrected chi connectivity index (χ3v) is 5.14. The minimum Gasteiger partial charge on any atom is -0.443 e. The van der Waals surface area contributed by atoms with E-state index in [9.17, 15) is 4.79 Å². The monoisotopic (exact) mass is 399 g/mol. The van der Waals surface area contributed by atoms with E-state index in [1.807, 2.05) is 88.4 Å². The molecule has 0 radical (unpaired) electrons. The van der Waals surface area contributed by atoms with Crippen LogP contribution in [0.3, 0.4) is 0 Å². The highest BCUT2D eigenvalue weighted by Gasteiger charge is 2.37. The molecule has 0 heterocycles. The highest BCUT2D eigenvalue weighted by atomic mass is 32.2. The van der Waals surface area contributed by atoms with E-state index in [2.05, 4.69) is 6.58 Å². The SMILES string of the molecule is C=CC(C)(COCc1ccccc1)N(Sc1ccccc1)C(=O)OC(C)(C)C. The summed E-state index contributed by atoms with van der Waals surface area (Å²) in [4.78, 5) is 13.9. The number of hydrogen-bond donors (Lipinski definition) is 0. The maximum atomic E-state index is 13.0. The average molecular weight is 400 g/mol. The van der Waals surface area contributed by atoms with Crippen LogP contribution in [0.5, 0.6) is 0 Å². The van der Waals surface area contributed by atoms with Crippen LogP contribution < -0.4 is 0 Å². The number of carbonyl (C=O) groups is 1. The predicted molar refractivity (Wildman–Crippen MR) is 115 cm³/mol. The van der Waals surface area contributed by atoms with Crippen molar-refractivity contribution in [1.29, 1.82) is 0 Å². The summed E-state index contributed by atoms with van der Waals surface area (Å²) in [5, 5.41) is 0. The molecule has 0 bridgehead atoms. The lowest BCUT2D eigenvalue weighted by molar-refractivity contribution is 0.0123. The van der Waals surface area contributed by atoms with Gasteiger partial charge in [0.05, 0.1) is 18.8 Å². The van der Waals surface area contributed by atoms with Crippen LogP contribution in [0.2, 0.25) is 0 Å². The molecule has 0 aliphatic heterocycles. The van der Waals surface area contributed by atoms with E-state index in [0.29, 0.717) is 13.2 Å². The van der Waals surface area contributed by atoms with Gasteiger partial charge in [0.15, 0.2) is 0 Å². The van der Waals surface area contributed by atoms with Crippen LogP contribution in [0.25, 0.3) is 0 Å². The number of carbonyl (C=O) groups excluding carboxylic acids is 1. The second kappa shape index (κ2) is 9.80. The summed E-state index contributed by atoms with van der Waals surface area (Å²) in [6.45, 7) is 12.2. The van der Waals surface area contributed by atoms with Gasteiger partial charge in [-0.15, -0.1) is 6.58 Å². The molecule has 1 unspecified atom stereocenters. The van der Waals surface area contributed by atoms with Crippen LogP contribution in [0, 0.1) is 0 Å². The van der Waals surface area contributed by atoms with Crippen LogP contribution in [-0.2, 0) is 16.1 Å². The number of rotatable bonds is 8. The van der Waals surface area contributed by atoms with Gasteiger partial charge < -0.3 is 9.47 Å². The van der Waals surface area contributed by atoms with E-state index in [1.54, 1.807) is 10.4 Å². The highest BCUT2D eigenvalue weighted by Crippen LogP contribution is 2.33. The van der Waals surface area contributed by atoms with Crippen molar-refractivity contribution in [2.24, 2.45) is 0 Å². The number of ether oxygens (including phenoxy) is 2. The maximum Gasteiger partial charge on any atom is 0.421 e. The van der Waals surface area contributed by atoms with Crippen LogP contribution in [0.4, 0.5) is 4.79 Å². The van der Waals surface area contributed by atoms with E-state index in [4.69, 9.17) is 9.47 Å². The van der Waals surface area contributed by atoms with Gasteiger partial charge in [-0.2, -0.15) is 0 Å². The Bertz CT molecular complexity index is 758. The lowest BCUT2D eigenvalue weighted by atomic mass is 10.0. The van der Waals surface area contributed by atoms with E-state index in [-0.39, 0.29) is 0 Å². The average Bonchev–Trinajstić information content (AvgIpc) is 2.66. The summed E-state index contributed by atoms with van der Waals surface area (Å²) < 4.78 is 13.2. The normalized spacial score (nSPS) is 13.4. The second-order valence-electron chi connectivity index (χ2n) is 7.72. The Kier molecular flexibility index (Phi) is 7.72. The molecule has 0 aliphatic rings. The van der Waals surface area contributed by atoms with E-state index in [0.717, 1.165) is 10.5 Å². The molecule has 0 saturated carbocycles. The molecule has 28 heavy (non-hydrogen) atoms. The zero-order valence-electron chi connectivity index (χ0n) is 17.1. The maximum absolute atomic E-state index is 13.0. The summed E-state index contributed by atoms with van der Waals surface area (Å²) in [6.07, 6.45) is 1.31. The summed E-state index contributed by atoms with van der Waals surface area (Å²) in [5.74, 6) is 0. The third kappa shape index (κ3) is 6.73. The van der Waals surface area contributed by atoms with Crippen molar-refractivity contribution in [1.82, 2.24) is 4.31 Å². The topological polar surface area (TPSA) is 38.8 Å². The van der Waals surface area contributed by atoms with Gasteiger partial charge in [0.25, 0.3) is 0 Å². The number of hydrogen-bond acceptors (Lipinski definition) is 4. The van der Waals surface area contributed by atoms with Crippen molar-refractivity contribution in [3.8, 4) is 0 Å². The molecular formula is C23H29NO3S. The van der Waals surface area contributed by atoms with Crippen molar-refractivity contribution in [2.45, 2.75) is 50.3 Å². The molecule has 0 fully saturated rings. The van der Waals surface area contributed by atoms with Crippen LogP contribution in [0.1, 0.15) is 33.3 Å². The van der Waals surface area contributed by atoms with Crippen molar-refractivity contribution >= 4 is 18.0 Å². The number of nitrogens with zero attached hydrogens (tertiary/aromatic N) is 1. The fourth-order valence-electron chi connectivity index (χ4n) is 2.39. The predicted octanol–water partition coefficient (Wildman–Crippen LogP) is 6.09. The standard InChI is InChI=1S/C23H29NO3S/c1-6-23(5,18-26-17-19-13-9-7-10-14-19)24(21(25)27-22(2,3)4)28-20-15-11-8-12-16-20/h6-16H,1,17-18H2,2-5H3. The van der Waals surface area contributed by atoms with Crippen LogP contribution in [-0.4, -0.2) is 28.1 Å². The quantitative estimate of drug-likeness (QED) is 0.397. The van der Waals surface area contributed by atoms with Crippen LogP contribution >= 0.6 is 11.9 Å². The van der Waals surface area contributed by atoms with Gasteiger partial charge >= 0.3 is 6.09 Å². The molecule has 0 aromatic heterocycles. The molecule has 2 aromatic rings.